The number of aliphatic hydroxyl groups is 2. The van der Waals surface area contributed by atoms with Crippen molar-refractivity contribution in [1.82, 2.24) is 24.6 Å². The Bertz CT molecular complexity index is 1760. The fourth-order valence-corrected chi connectivity index (χ4v) is 6.56. The van der Waals surface area contributed by atoms with E-state index in [0.29, 0.717) is 5.39 Å². The highest BCUT2D eigenvalue weighted by molar-refractivity contribution is 7.52. The summed E-state index contributed by atoms with van der Waals surface area (Å²) < 4.78 is 38.9. The van der Waals surface area contributed by atoms with Crippen LogP contribution in [0.5, 0.6) is 5.75 Å². The van der Waals surface area contributed by atoms with Crippen LogP contribution in [0, 0.1) is 5.41 Å². The minimum Gasteiger partial charge on any atom is -0.464 e. The van der Waals surface area contributed by atoms with E-state index in [1.54, 1.807) is 24.3 Å². The number of rotatable bonds is 10. The number of carbonyl (C=O) groups excluding carboxylic acids is 1. The Labute approximate surface area is 264 Å². The van der Waals surface area contributed by atoms with Gasteiger partial charge in [0.05, 0.1) is 19.5 Å². The van der Waals surface area contributed by atoms with Crippen LogP contribution in [-0.4, -0.2) is 72.8 Å². The van der Waals surface area contributed by atoms with Crippen molar-refractivity contribution in [3.8, 4) is 5.75 Å². The number of nitrogens with one attached hydrogen (secondary N) is 1. The Morgan fingerprint density at radius 1 is 1.24 bits per heavy atom. The van der Waals surface area contributed by atoms with Gasteiger partial charge in [-0.3, -0.25) is 13.9 Å². The highest BCUT2D eigenvalue weighted by Crippen LogP contribution is 2.48. The molecule has 14 nitrogen and oxygen atoms in total. The molecule has 0 spiro atoms. The monoisotopic (exact) mass is 662 g/mol. The van der Waals surface area contributed by atoms with E-state index in [-0.39, 0.29) is 40.0 Å². The Kier molecular flexibility index (Phi) is 9.13. The molecule has 0 amide bonds. The Morgan fingerprint density at radius 2 is 1.96 bits per heavy atom. The lowest BCUT2D eigenvalue weighted by molar-refractivity contribution is -0.148. The van der Waals surface area contributed by atoms with Crippen molar-refractivity contribution in [2.45, 2.75) is 64.7 Å². The first-order chi connectivity index (χ1) is 21.1. The summed E-state index contributed by atoms with van der Waals surface area (Å²) in [5.41, 5.74) is 3.96. The van der Waals surface area contributed by atoms with E-state index in [0.717, 1.165) is 5.39 Å². The third-order valence-corrected chi connectivity index (χ3v) is 9.03. The van der Waals surface area contributed by atoms with E-state index in [1.807, 2.05) is 39.0 Å². The summed E-state index contributed by atoms with van der Waals surface area (Å²) in [4.78, 5) is 25.0. The zero-order chi connectivity index (χ0) is 32.7. The molecule has 2 aromatic heterocycles. The lowest BCUT2D eigenvalue weighted by Crippen LogP contribution is -2.44. The van der Waals surface area contributed by atoms with Crippen LogP contribution in [0.1, 0.15) is 40.8 Å². The summed E-state index contributed by atoms with van der Waals surface area (Å²) in [5.74, 6) is -0.557. The first-order valence-corrected chi connectivity index (χ1v) is 16.1. The summed E-state index contributed by atoms with van der Waals surface area (Å²) in [7, 11) is -4.37. The van der Waals surface area contributed by atoms with Crippen LogP contribution in [0.4, 0.5) is 5.95 Å². The fourth-order valence-electron chi connectivity index (χ4n) is 4.82. The first kappa shape index (κ1) is 33.0. The SMILES string of the molecule is C[C@H](NP(=O)(OC[C@H]1O[C@@H](n2cnc3c(Cl)nc(N)nc32)[C@](C)(O)[C@@H]1O)Oc1cccc2ccccc12)C(=O)OCC(C)(C)C. The number of benzene rings is 2. The molecule has 1 aliphatic heterocycles. The Balaban J connectivity index is 1.40. The third kappa shape index (κ3) is 7.07. The molecule has 0 bridgehead atoms. The van der Waals surface area contributed by atoms with Crippen LogP contribution in [0.25, 0.3) is 21.9 Å². The predicted molar refractivity (Wildman–Crippen MR) is 166 cm³/mol. The molecule has 0 saturated carbocycles. The van der Waals surface area contributed by atoms with E-state index < -0.39 is 50.4 Å². The van der Waals surface area contributed by atoms with E-state index in [2.05, 4.69) is 20.0 Å². The number of hydrogen-bond donors (Lipinski definition) is 4. The van der Waals surface area contributed by atoms with Crippen molar-refractivity contribution in [3.05, 3.63) is 53.9 Å². The molecular formula is C29H36ClN6O8P. The third-order valence-electron chi connectivity index (χ3n) is 7.13. The number of aromatic nitrogens is 4. The highest BCUT2D eigenvalue weighted by Gasteiger charge is 2.54. The van der Waals surface area contributed by atoms with Crippen molar-refractivity contribution >= 4 is 53.2 Å². The van der Waals surface area contributed by atoms with Gasteiger partial charge < -0.3 is 29.9 Å². The molecule has 1 unspecified atom stereocenters. The summed E-state index contributed by atoms with van der Waals surface area (Å²) in [6, 6.07) is 11.4. The fraction of sp³-hybridized carbons (Fsp3) is 0.448. The predicted octanol–water partition coefficient (Wildman–Crippen LogP) is 4.00. The quantitative estimate of drug-likeness (QED) is 0.108. The molecule has 5 N–H and O–H groups in total. The maximum absolute atomic E-state index is 14.3. The van der Waals surface area contributed by atoms with Gasteiger partial charge in [0.1, 0.15) is 35.1 Å². The van der Waals surface area contributed by atoms with Gasteiger partial charge in [-0.25, -0.2) is 9.55 Å². The molecule has 5 rings (SSSR count). The first-order valence-electron chi connectivity index (χ1n) is 14.2. The summed E-state index contributed by atoms with van der Waals surface area (Å²) in [5, 5.41) is 26.6. The maximum Gasteiger partial charge on any atom is 0.459 e. The van der Waals surface area contributed by atoms with E-state index in [9.17, 15) is 19.6 Å². The van der Waals surface area contributed by atoms with Gasteiger partial charge in [-0.2, -0.15) is 15.1 Å². The number of nitrogen functional groups attached to an aromatic ring is 1. The molecule has 3 heterocycles. The molecule has 1 saturated heterocycles. The lowest BCUT2D eigenvalue weighted by atomic mass is 9.96. The highest BCUT2D eigenvalue weighted by atomic mass is 35.5. The number of imidazole rings is 1. The van der Waals surface area contributed by atoms with Crippen LogP contribution in [0.3, 0.4) is 0 Å². The standard InChI is InChI=1S/C29H36ClN6O8P/c1-16(25(38)41-14-28(2,3)4)35-45(40,44-19-12-8-10-17-9-6-7-11-18(17)19)42-13-20-22(37)29(5,39)26(43-20)36-15-32-21-23(30)33-27(31)34-24(21)36/h6-12,15-16,20,22,26,37,39H,13-14H2,1-5H3,(H,35,40)(H2,31,33,34)/t16-,20+,22+,26+,29+,45?/m0/s1. The van der Waals surface area contributed by atoms with Gasteiger partial charge >= 0.3 is 13.7 Å². The average Bonchev–Trinajstić information content (AvgIpc) is 3.48. The van der Waals surface area contributed by atoms with Gasteiger partial charge in [0, 0.05) is 5.39 Å². The second-order valence-electron chi connectivity index (χ2n) is 12.3. The Morgan fingerprint density at radius 3 is 2.69 bits per heavy atom. The van der Waals surface area contributed by atoms with Crippen LogP contribution in [0.15, 0.2) is 48.8 Å². The second kappa shape index (κ2) is 12.4. The van der Waals surface area contributed by atoms with Gasteiger partial charge in [-0.05, 0) is 30.7 Å². The molecule has 242 valence electrons. The number of halogens is 1. The van der Waals surface area contributed by atoms with E-state index in [1.165, 1.54) is 24.7 Å². The van der Waals surface area contributed by atoms with Crippen LogP contribution >= 0.6 is 19.3 Å². The maximum atomic E-state index is 14.3. The number of ether oxygens (including phenoxy) is 2. The molecule has 2 aromatic carbocycles. The summed E-state index contributed by atoms with van der Waals surface area (Å²) in [6.45, 7) is 8.18. The van der Waals surface area contributed by atoms with Crippen molar-refractivity contribution < 1.29 is 38.1 Å². The molecule has 4 aromatic rings. The van der Waals surface area contributed by atoms with Gasteiger partial charge in [-0.1, -0.05) is 68.8 Å². The zero-order valence-electron chi connectivity index (χ0n) is 25.4. The second-order valence-corrected chi connectivity index (χ2v) is 14.3. The molecule has 0 radical (unpaired) electrons. The topological polar surface area (TPSA) is 193 Å². The van der Waals surface area contributed by atoms with E-state index >= 15 is 0 Å². The van der Waals surface area contributed by atoms with Gasteiger partial charge in [0.15, 0.2) is 17.0 Å². The number of esters is 1. The largest absolute Gasteiger partial charge is 0.464 e. The molecular weight excluding hydrogens is 627 g/mol. The van der Waals surface area contributed by atoms with Crippen LogP contribution in [-0.2, 0) is 23.4 Å². The van der Waals surface area contributed by atoms with Crippen molar-refractivity contribution in [2.24, 2.45) is 5.41 Å². The van der Waals surface area contributed by atoms with Crippen molar-refractivity contribution in [1.29, 1.82) is 0 Å². The van der Waals surface area contributed by atoms with Crippen molar-refractivity contribution in [2.75, 3.05) is 18.9 Å². The molecule has 1 fully saturated rings. The Hall–Kier alpha value is -3.36. The van der Waals surface area contributed by atoms with E-state index in [4.69, 9.17) is 35.9 Å². The van der Waals surface area contributed by atoms with Gasteiger partial charge in [0.25, 0.3) is 0 Å². The molecule has 45 heavy (non-hydrogen) atoms. The number of fused-ring (bicyclic) bond motifs is 2. The number of carbonyl (C=O) groups is 1. The number of anilines is 1. The van der Waals surface area contributed by atoms with Crippen LogP contribution < -0.4 is 15.3 Å². The normalized spacial score (nSPS) is 24.0. The number of hydrogen-bond acceptors (Lipinski definition) is 12. The number of aliphatic hydroxyl groups excluding tert-OH is 1. The van der Waals surface area contributed by atoms with Gasteiger partial charge in [0.2, 0.25) is 5.95 Å². The molecule has 1 aliphatic rings. The van der Waals surface area contributed by atoms with Crippen molar-refractivity contribution in [3.63, 3.8) is 0 Å². The minimum atomic E-state index is -4.37. The summed E-state index contributed by atoms with van der Waals surface area (Å²) >= 11 is 6.15. The average molecular weight is 663 g/mol. The summed E-state index contributed by atoms with van der Waals surface area (Å²) in [6.07, 6.45) is -2.66. The van der Waals surface area contributed by atoms with Crippen LogP contribution in [0.2, 0.25) is 5.15 Å². The number of nitrogens with two attached hydrogens (primary N) is 1. The number of nitrogens with zero attached hydrogens (tertiary/aromatic N) is 4. The lowest BCUT2D eigenvalue weighted by Gasteiger charge is -2.27. The molecule has 0 aliphatic carbocycles. The smallest absolute Gasteiger partial charge is 0.459 e. The minimum absolute atomic E-state index is 0.00191. The molecule has 6 atom stereocenters. The van der Waals surface area contributed by atoms with Gasteiger partial charge in [-0.15, -0.1) is 0 Å². The molecule has 16 heteroatoms. The zero-order valence-corrected chi connectivity index (χ0v) is 27.0.